The number of oxazole rings is 1. The van der Waals surface area contributed by atoms with Gasteiger partial charge in [-0.25, -0.2) is 4.98 Å². The first-order valence-corrected chi connectivity index (χ1v) is 5.99. The molecule has 1 aromatic heterocycles. The summed E-state index contributed by atoms with van der Waals surface area (Å²) in [7, 11) is 0. The molecule has 2 aromatic rings. The van der Waals surface area contributed by atoms with Crippen molar-refractivity contribution in [1.82, 2.24) is 10.3 Å². The molecule has 0 atom stereocenters. The fraction of sp³-hybridized carbons (Fsp3) is 0.308. The molecule has 0 unspecified atom stereocenters. The van der Waals surface area contributed by atoms with E-state index >= 15 is 0 Å². The topological polar surface area (TPSA) is 92.4 Å². The van der Waals surface area contributed by atoms with E-state index in [4.69, 9.17) is 4.42 Å². The molecule has 1 amide bonds. The van der Waals surface area contributed by atoms with Crippen LogP contribution < -0.4 is 5.32 Å². The number of carbonyl (C=O) groups excluding carboxylic acids is 2. The lowest BCUT2D eigenvalue weighted by atomic mass is 10.2. The second kappa shape index (κ2) is 5.51. The van der Waals surface area contributed by atoms with Crippen LogP contribution in [0.25, 0.3) is 11.1 Å². The normalized spacial score (nSPS) is 10.6. The van der Waals surface area contributed by atoms with Gasteiger partial charge in [0.25, 0.3) is 0 Å². The molecular weight excluding hydrogens is 248 g/mol. The molecule has 0 aliphatic rings. The summed E-state index contributed by atoms with van der Waals surface area (Å²) >= 11 is 0. The summed E-state index contributed by atoms with van der Waals surface area (Å²) in [6.45, 7) is 2.42. The lowest BCUT2D eigenvalue weighted by Crippen LogP contribution is -2.22. The number of phenolic OH excluding ortho intramolecular Hbond substituents is 1. The number of fused-ring (bicyclic) bond motifs is 1. The van der Waals surface area contributed by atoms with E-state index in [-0.39, 0.29) is 23.6 Å². The standard InChI is InChI=1S/C13H14N2O4/c1-2-14-11(18)5-6-12-15-13-8(7-16)9(17)3-4-10(13)19-12/h3-4,7,17H,2,5-6H2,1H3,(H,14,18). The number of amides is 1. The van der Waals surface area contributed by atoms with E-state index in [0.29, 0.717) is 36.2 Å². The minimum Gasteiger partial charge on any atom is -0.507 e. The quantitative estimate of drug-likeness (QED) is 0.795. The van der Waals surface area contributed by atoms with Gasteiger partial charge in [-0.1, -0.05) is 0 Å². The van der Waals surface area contributed by atoms with Crippen LogP contribution in [0.2, 0.25) is 0 Å². The average Bonchev–Trinajstić information content (AvgIpc) is 2.80. The second-order valence-electron chi connectivity index (χ2n) is 4.02. The van der Waals surface area contributed by atoms with Crippen LogP contribution in [-0.2, 0) is 11.2 Å². The van der Waals surface area contributed by atoms with Gasteiger partial charge in [0.05, 0.1) is 5.56 Å². The Kier molecular flexibility index (Phi) is 3.79. The van der Waals surface area contributed by atoms with Gasteiger partial charge in [0.15, 0.2) is 17.8 Å². The Balaban J connectivity index is 2.22. The number of aryl methyl sites for hydroxylation is 1. The summed E-state index contributed by atoms with van der Waals surface area (Å²) in [6, 6.07) is 2.92. The van der Waals surface area contributed by atoms with Crippen LogP contribution in [0, 0.1) is 0 Å². The van der Waals surface area contributed by atoms with Crippen molar-refractivity contribution in [2.45, 2.75) is 19.8 Å². The van der Waals surface area contributed by atoms with Crippen molar-refractivity contribution < 1.29 is 19.1 Å². The van der Waals surface area contributed by atoms with E-state index in [1.165, 1.54) is 6.07 Å². The molecule has 1 heterocycles. The van der Waals surface area contributed by atoms with E-state index in [1.54, 1.807) is 6.07 Å². The summed E-state index contributed by atoms with van der Waals surface area (Å²) in [5.41, 5.74) is 0.845. The van der Waals surface area contributed by atoms with Crippen molar-refractivity contribution in [3.63, 3.8) is 0 Å². The molecule has 2 N–H and O–H groups in total. The first kappa shape index (κ1) is 13.1. The molecule has 0 spiro atoms. The van der Waals surface area contributed by atoms with Gasteiger partial charge in [-0.3, -0.25) is 9.59 Å². The molecule has 0 fully saturated rings. The monoisotopic (exact) mass is 262 g/mol. The number of hydrogen-bond acceptors (Lipinski definition) is 5. The van der Waals surface area contributed by atoms with Gasteiger partial charge in [0, 0.05) is 19.4 Å². The molecule has 0 bridgehead atoms. The van der Waals surface area contributed by atoms with Crippen LogP contribution in [0.1, 0.15) is 29.6 Å². The molecule has 6 heteroatoms. The zero-order valence-electron chi connectivity index (χ0n) is 10.5. The number of benzene rings is 1. The van der Waals surface area contributed by atoms with Crippen LogP contribution in [0.3, 0.4) is 0 Å². The van der Waals surface area contributed by atoms with Gasteiger partial charge in [0.2, 0.25) is 5.91 Å². The number of phenols is 1. The summed E-state index contributed by atoms with van der Waals surface area (Å²) in [5.74, 6) is 0.157. The number of carbonyl (C=O) groups is 2. The van der Waals surface area contributed by atoms with Crippen molar-refractivity contribution in [2.75, 3.05) is 6.54 Å². The molecule has 0 aliphatic carbocycles. The van der Waals surface area contributed by atoms with Gasteiger partial charge in [-0.05, 0) is 19.1 Å². The maximum atomic E-state index is 11.3. The SMILES string of the molecule is CCNC(=O)CCc1nc2c(C=O)c(O)ccc2o1. The smallest absolute Gasteiger partial charge is 0.220 e. The number of aromatic hydroxyl groups is 1. The Bertz CT molecular complexity index is 618. The molecular formula is C13H14N2O4. The molecule has 2 rings (SSSR count). The van der Waals surface area contributed by atoms with Crippen LogP contribution in [0.4, 0.5) is 0 Å². The average molecular weight is 262 g/mol. The third kappa shape index (κ3) is 2.73. The molecule has 1 aromatic carbocycles. The Hall–Kier alpha value is -2.37. The van der Waals surface area contributed by atoms with Gasteiger partial charge >= 0.3 is 0 Å². The Morgan fingerprint density at radius 3 is 3.00 bits per heavy atom. The van der Waals surface area contributed by atoms with E-state index in [2.05, 4.69) is 10.3 Å². The molecule has 6 nitrogen and oxygen atoms in total. The van der Waals surface area contributed by atoms with E-state index < -0.39 is 0 Å². The van der Waals surface area contributed by atoms with E-state index in [0.717, 1.165) is 0 Å². The molecule has 0 saturated carbocycles. The van der Waals surface area contributed by atoms with Crippen LogP contribution in [0.5, 0.6) is 5.75 Å². The van der Waals surface area contributed by atoms with Crippen molar-refractivity contribution in [3.8, 4) is 5.75 Å². The third-order valence-corrected chi connectivity index (χ3v) is 2.68. The Labute approximate surface area is 109 Å². The van der Waals surface area contributed by atoms with Gasteiger partial charge < -0.3 is 14.8 Å². The van der Waals surface area contributed by atoms with Gasteiger partial charge in [-0.2, -0.15) is 0 Å². The predicted octanol–water partition coefficient (Wildman–Crippen LogP) is 1.41. The minimum atomic E-state index is -0.133. The molecule has 0 saturated heterocycles. The maximum absolute atomic E-state index is 11.3. The second-order valence-corrected chi connectivity index (χ2v) is 4.02. The van der Waals surface area contributed by atoms with Crippen LogP contribution in [-0.4, -0.2) is 28.8 Å². The lowest BCUT2D eigenvalue weighted by Gasteiger charge is -1.98. The molecule has 0 radical (unpaired) electrons. The Morgan fingerprint density at radius 2 is 2.32 bits per heavy atom. The highest BCUT2D eigenvalue weighted by Crippen LogP contribution is 2.26. The zero-order valence-corrected chi connectivity index (χ0v) is 10.5. The lowest BCUT2D eigenvalue weighted by molar-refractivity contribution is -0.121. The molecule has 100 valence electrons. The molecule has 19 heavy (non-hydrogen) atoms. The highest BCUT2D eigenvalue weighted by molar-refractivity contribution is 5.96. The van der Waals surface area contributed by atoms with E-state index in [9.17, 15) is 14.7 Å². The third-order valence-electron chi connectivity index (χ3n) is 2.68. The van der Waals surface area contributed by atoms with Gasteiger partial charge in [0.1, 0.15) is 11.3 Å². The number of nitrogens with one attached hydrogen (secondary N) is 1. The molecule has 0 aliphatic heterocycles. The number of rotatable bonds is 5. The fourth-order valence-corrected chi connectivity index (χ4v) is 1.78. The number of aldehydes is 1. The Morgan fingerprint density at radius 1 is 1.53 bits per heavy atom. The van der Waals surface area contributed by atoms with Crippen molar-refractivity contribution in [3.05, 3.63) is 23.6 Å². The first-order valence-electron chi connectivity index (χ1n) is 5.99. The van der Waals surface area contributed by atoms with Crippen molar-refractivity contribution in [2.24, 2.45) is 0 Å². The largest absolute Gasteiger partial charge is 0.507 e. The van der Waals surface area contributed by atoms with Crippen LogP contribution in [0.15, 0.2) is 16.5 Å². The number of hydrogen-bond donors (Lipinski definition) is 2. The summed E-state index contributed by atoms with van der Waals surface area (Å²) in [5, 5.41) is 12.2. The first-order chi connectivity index (χ1) is 9.15. The van der Waals surface area contributed by atoms with E-state index in [1.807, 2.05) is 6.92 Å². The van der Waals surface area contributed by atoms with Crippen molar-refractivity contribution >= 4 is 23.3 Å². The summed E-state index contributed by atoms with van der Waals surface area (Å²) in [4.78, 5) is 26.4. The number of aromatic nitrogens is 1. The highest BCUT2D eigenvalue weighted by Gasteiger charge is 2.13. The summed E-state index contributed by atoms with van der Waals surface area (Å²) in [6.07, 6.45) is 1.15. The highest BCUT2D eigenvalue weighted by atomic mass is 16.3. The van der Waals surface area contributed by atoms with Gasteiger partial charge in [-0.15, -0.1) is 0 Å². The summed E-state index contributed by atoms with van der Waals surface area (Å²) < 4.78 is 5.43. The van der Waals surface area contributed by atoms with Crippen LogP contribution >= 0.6 is 0 Å². The zero-order chi connectivity index (χ0) is 13.8. The maximum Gasteiger partial charge on any atom is 0.220 e. The number of nitrogens with zero attached hydrogens (tertiary/aromatic N) is 1. The fourth-order valence-electron chi connectivity index (χ4n) is 1.78. The predicted molar refractivity (Wildman–Crippen MR) is 68.1 cm³/mol. The van der Waals surface area contributed by atoms with Crippen molar-refractivity contribution in [1.29, 1.82) is 0 Å². The minimum absolute atomic E-state index is 0.0804.